The smallest absolute Gasteiger partial charge is 0.327 e. The van der Waals surface area contributed by atoms with Crippen molar-refractivity contribution in [1.29, 1.82) is 0 Å². The van der Waals surface area contributed by atoms with Gasteiger partial charge in [0, 0.05) is 48.9 Å². The van der Waals surface area contributed by atoms with Crippen LogP contribution in [0.2, 0.25) is 0 Å². The van der Waals surface area contributed by atoms with Crippen LogP contribution in [0.1, 0.15) is 65.5 Å². The lowest BCUT2D eigenvalue weighted by Crippen LogP contribution is -2.65. The Morgan fingerprint density at radius 1 is 1.09 bits per heavy atom. The number of urea groups is 1. The highest BCUT2D eigenvalue weighted by atomic mass is 16.5. The summed E-state index contributed by atoms with van der Waals surface area (Å²) in [6.45, 7) is 3.61. The molecule has 1 aromatic carbocycles. The molecule has 5 rings (SSSR count). The van der Waals surface area contributed by atoms with Crippen molar-refractivity contribution in [3.8, 4) is 0 Å². The average Bonchev–Trinajstić information content (AvgIpc) is 3.63. The highest BCUT2D eigenvalue weighted by Crippen LogP contribution is 2.42. The lowest BCUT2D eigenvalue weighted by Gasteiger charge is -2.44. The number of hydrogen-bond donors (Lipinski definition) is 2. The summed E-state index contributed by atoms with van der Waals surface area (Å²) >= 11 is 0. The molecule has 2 aromatic heterocycles. The Kier molecular flexibility index (Phi) is 7.85. The van der Waals surface area contributed by atoms with Gasteiger partial charge in [0.15, 0.2) is 17.2 Å². The van der Waals surface area contributed by atoms with Crippen molar-refractivity contribution < 1.29 is 33.3 Å². The van der Waals surface area contributed by atoms with Crippen molar-refractivity contribution in [3.05, 3.63) is 76.9 Å². The van der Waals surface area contributed by atoms with Crippen molar-refractivity contribution >= 4 is 35.4 Å². The third-order valence-corrected chi connectivity index (χ3v) is 7.63. The molecule has 3 aromatic rings. The standard InChI is InChI=1S/C29H29N7O7/c1-16-4-3-5-18(12-16)15-22-25(33-34-43-22)21(37)14-17(2)13-20(26(30)40)35-28(42)32-27(41)29(35,19-8-10-31-11-9-19)36-23(38)6-7-24(36)39/h3-5,8-12,17,20H,6-7,13-15H2,1-2H3,(H2,30,40)(H,32,41,42)/t17-,20-,29-/m0/s1. The fourth-order valence-corrected chi connectivity index (χ4v) is 5.77. The third kappa shape index (κ3) is 5.27. The summed E-state index contributed by atoms with van der Waals surface area (Å²) < 4.78 is 5.26. The van der Waals surface area contributed by atoms with E-state index in [9.17, 15) is 28.8 Å². The number of Topliss-reactive ketones (excluding diaryl/α,β-unsaturated/α-hetero) is 1. The van der Waals surface area contributed by atoms with E-state index >= 15 is 0 Å². The molecule has 14 heteroatoms. The molecule has 14 nitrogen and oxygen atoms in total. The van der Waals surface area contributed by atoms with Crippen LogP contribution in [0.3, 0.4) is 0 Å². The Bertz CT molecular complexity index is 1610. The molecule has 2 aliphatic heterocycles. The van der Waals surface area contributed by atoms with Gasteiger partial charge < -0.3 is 10.3 Å². The number of primary amides is 1. The number of imide groups is 2. The zero-order valence-electron chi connectivity index (χ0n) is 23.5. The maximum absolute atomic E-state index is 13.6. The van der Waals surface area contributed by atoms with E-state index < -0.39 is 53.1 Å². The number of hydrogen-bond acceptors (Lipinski definition) is 10. The summed E-state index contributed by atoms with van der Waals surface area (Å²) in [7, 11) is 0. The molecule has 4 heterocycles. The number of likely N-dealkylation sites (tertiary alicyclic amines) is 1. The molecule has 2 saturated heterocycles. The molecule has 43 heavy (non-hydrogen) atoms. The summed E-state index contributed by atoms with van der Waals surface area (Å²) in [6, 6.07) is 7.91. The van der Waals surface area contributed by atoms with Gasteiger partial charge in [-0.1, -0.05) is 36.8 Å². The number of rotatable bonds is 11. The molecular weight excluding hydrogens is 558 g/mol. The van der Waals surface area contributed by atoms with Crippen LogP contribution in [-0.2, 0) is 31.3 Å². The number of benzene rings is 1. The maximum Gasteiger partial charge on any atom is 0.327 e. The number of pyridine rings is 1. The van der Waals surface area contributed by atoms with Crippen molar-refractivity contribution in [1.82, 2.24) is 30.5 Å². The topological polar surface area (TPSA) is 199 Å². The third-order valence-electron chi connectivity index (χ3n) is 7.63. The van der Waals surface area contributed by atoms with Gasteiger partial charge in [-0.05, 0) is 37.0 Å². The fraction of sp³-hybridized carbons (Fsp3) is 0.345. The highest BCUT2D eigenvalue weighted by molar-refractivity contribution is 6.14. The minimum absolute atomic E-state index is 0.0393. The first-order chi connectivity index (χ1) is 20.5. The molecule has 0 radical (unpaired) electrons. The Morgan fingerprint density at radius 2 is 1.79 bits per heavy atom. The summed E-state index contributed by atoms with van der Waals surface area (Å²) in [5, 5.41) is 9.58. The molecule has 0 bridgehead atoms. The minimum Gasteiger partial charge on any atom is -0.368 e. The van der Waals surface area contributed by atoms with Gasteiger partial charge in [-0.2, -0.15) is 0 Å². The number of aromatic nitrogens is 3. The van der Waals surface area contributed by atoms with Crippen LogP contribution in [0.5, 0.6) is 0 Å². The first-order valence-corrected chi connectivity index (χ1v) is 13.6. The Labute approximate surface area is 245 Å². The molecule has 222 valence electrons. The molecule has 2 aliphatic rings. The van der Waals surface area contributed by atoms with Gasteiger partial charge in [-0.25, -0.2) is 9.69 Å². The quantitative estimate of drug-likeness (QED) is 0.188. The molecule has 0 saturated carbocycles. The van der Waals surface area contributed by atoms with E-state index in [-0.39, 0.29) is 49.1 Å². The highest BCUT2D eigenvalue weighted by Gasteiger charge is 2.65. The molecule has 6 amide bonds. The number of nitrogens with two attached hydrogens (primary N) is 1. The summed E-state index contributed by atoms with van der Waals surface area (Å²) in [4.78, 5) is 84.7. The number of nitrogens with zero attached hydrogens (tertiary/aromatic N) is 5. The van der Waals surface area contributed by atoms with Gasteiger partial charge >= 0.3 is 6.03 Å². The van der Waals surface area contributed by atoms with E-state index in [0.717, 1.165) is 16.0 Å². The predicted octanol–water partition coefficient (Wildman–Crippen LogP) is 1.37. The van der Waals surface area contributed by atoms with Gasteiger partial charge in [0.1, 0.15) is 6.04 Å². The van der Waals surface area contributed by atoms with E-state index in [2.05, 4.69) is 20.7 Å². The van der Waals surface area contributed by atoms with Crippen LogP contribution in [-0.4, -0.2) is 66.6 Å². The number of carbonyl (C=O) groups is 6. The summed E-state index contributed by atoms with van der Waals surface area (Å²) in [6.07, 6.45) is 2.29. The molecule has 3 atom stereocenters. The van der Waals surface area contributed by atoms with Gasteiger partial charge in [0.2, 0.25) is 23.4 Å². The van der Waals surface area contributed by atoms with Gasteiger partial charge in [0.25, 0.3) is 5.91 Å². The Balaban J connectivity index is 1.44. The lowest BCUT2D eigenvalue weighted by molar-refractivity contribution is -0.164. The number of ketones is 1. The molecule has 0 aliphatic carbocycles. The van der Waals surface area contributed by atoms with Crippen molar-refractivity contribution in [3.63, 3.8) is 0 Å². The summed E-state index contributed by atoms with van der Waals surface area (Å²) in [5.41, 5.74) is 5.52. The van der Waals surface area contributed by atoms with Crippen molar-refractivity contribution in [2.75, 3.05) is 0 Å². The predicted molar refractivity (Wildman–Crippen MR) is 146 cm³/mol. The number of carbonyl (C=O) groups excluding carboxylic acids is 6. The zero-order chi connectivity index (χ0) is 30.9. The average molecular weight is 588 g/mol. The molecular formula is C29H29N7O7. The van der Waals surface area contributed by atoms with Crippen LogP contribution < -0.4 is 11.1 Å². The zero-order valence-corrected chi connectivity index (χ0v) is 23.5. The van der Waals surface area contributed by atoms with E-state index in [4.69, 9.17) is 10.3 Å². The van der Waals surface area contributed by atoms with E-state index in [1.165, 1.54) is 24.5 Å². The first kappa shape index (κ1) is 29.2. The normalized spacial score (nSPS) is 20.0. The van der Waals surface area contributed by atoms with Crippen LogP contribution >= 0.6 is 0 Å². The molecule has 0 spiro atoms. The first-order valence-electron chi connectivity index (χ1n) is 13.6. The lowest BCUT2D eigenvalue weighted by atomic mass is 9.90. The van der Waals surface area contributed by atoms with Gasteiger partial charge in [-0.15, -0.1) is 5.10 Å². The van der Waals surface area contributed by atoms with Crippen molar-refractivity contribution in [2.24, 2.45) is 11.7 Å². The Hall–Kier alpha value is -5.27. The second-order valence-electron chi connectivity index (χ2n) is 10.8. The molecule has 2 fully saturated rings. The maximum atomic E-state index is 13.6. The van der Waals surface area contributed by atoms with Crippen LogP contribution in [0.25, 0.3) is 0 Å². The fourth-order valence-electron chi connectivity index (χ4n) is 5.77. The number of nitrogens with one attached hydrogen (secondary N) is 1. The van der Waals surface area contributed by atoms with Gasteiger partial charge in [-0.3, -0.25) is 39.2 Å². The van der Waals surface area contributed by atoms with Crippen molar-refractivity contribution in [2.45, 2.75) is 57.7 Å². The number of aryl methyl sites for hydroxylation is 1. The van der Waals surface area contributed by atoms with Gasteiger partial charge in [0.05, 0.1) is 0 Å². The minimum atomic E-state index is -2.31. The number of amides is 6. The van der Waals surface area contributed by atoms with E-state index in [1.54, 1.807) is 6.92 Å². The summed E-state index contributed by atoms with van der Waals surface area (Å²) in [5.74, 6) is -4.09. The Morgan fingerprint density at radius 3 is 2.44 bits per heavy atom. The second kappa shape index (κ2) is 11.5. The SMILES string of the molecule is Cc1cccc(Cc2onnc2C(=O)C[C@@H](C)C[C@@H](C(N)=O)N2C(=O)NC(=O)[C@]2(c2ccncc2)N2C(=O)CCC2=O)c1. The van der Waals surface area contributed by atoms with Crippen LogP contribution in [0.4, 0.5) is 4.79 Å². The second-order valence-corrected chi connectivity index (χ2v) is 10.8. The van der Waals surface area contributed by atoms with Crippen LogP contribution in [0.15, 0.2) is 53.3 Å². The van der Waals surface area contributed by atoms with E-state index in [1.807, 2.05) is 31.2 Å². The van der Waals surface area contributed by atoms with Crippen LogP contribution in [0, 0.1) is 12.8 Å². The van der Waals surface area contributed by atoms with E-state index in [0.29, 0.717) is 4.90 Å². The largest absolute Gasteiger partial charge is 0.368 e. The monoisotopic (exact) mass is 587 g/mol. The molecule has 0 unspecified atom stereocenters. The molecule has 3 N–H and O–H groups in total.